The lowest BCUT2D eigenvalue weighted by atomic mass is 9.90. The molecule has 1 aromatic carbocycles. The van der Waals surface area contributed by atoms with Gasteiger partial charge in [0.25, 0.3) is 0 Å². The first kappa shape index (κ1) is 18.9. The zero-order valence-corrected chi connectivity index (χ0v) is 14.2. The summed E-state index contributed by atoms with van der Waals surface area (Å²) in [5, 5.41) is 2.67. The van der Waals surface area contributed by atoms with Gasteiger partial charge in [0, 0.05) is 6.54 Å². The van der Waals surface area contributed by atoms with Crippen molar-refractivity contribution in [3.63, 3.8) is 0 Å². The topological polar surface area (TPSA) is 58.4 Å². The first-order valence-electron chi connectivity index (χ1n) is 7.36. The summed E-state index contributed by atoms with van der Waals surface area (Å²) in [5.74, 6) is -0.581. The second-order valence-electron chi connectivity index (χ2n) is 6.38. The number of hydrogen-bond acceptors (Lipinski definition) is 3. The van der Waals surface area contributed by atoms with Crippen molar-refractivity contribution in [2.24, 2.45) is 11.1 Å². The number of nitrogens with zero attached hydrogens (tertiary/aromatic N) is 1. The Bertz CT molecular complexity index is 540. The van der Waals surface area contributed by atoms with Crippen LogP contribution in [0.15, 0.2) is 18.2 Å². The van der Waals surface area contributed by atoms with E-state index in [0.29, 0.717) is 6.54 Å². The van der Waals surface area contributed by atoms with Crippen molar-refractivity contribution in [3.8, 4) is 0 Å². The largest absolute Gasteiger partial charge is 0.330 e. The number of aryl methyl sites for hydroxylation is 1. The van der Waals surface area contributed by atoms with Crippen molar-refractivity contribution in [2.45, 2.75) is 33.2 Å². The Morgan fingerprint density at radius 2 is 2.23 bits per heavy atom. The van der Waals surface area contributed by atoms with Crippen molar-refractivity contribution in [2.75, 3.05) is 25.0 Å². The molecule has 0 aliphatic carbocycles. The van der Waals surface area contributed by atoms with Gasteiger partial charge in [-0.3, -0.25) is 9.69 Å². The molecule has 0 aromatic heterocycles. The number of hydrogen-bond donors (Lipinski definition) is 2. The predicted octanol–water partition coefficient (Wildman–Crippen LogP) is 2.55. The number of nitrogens with one attached hydrogen (secondary N) is 1. The molecule has 4 nitrogen and oxygen atoms in total. The SMILES string of the molecule is Cc1ccc(NC(=O)C(C)N2CCC(C)(CN)C2)c(F)c1.Cl. The molecule has 0 spiro atoms. The van der Waals surface area contributed by atoms with Crippen LogP contribution in [-0.4, -0.2) is 36.5 Å². The molecule has 1 aromatic rings. The van der Waals surface area contributed by atoms with Gasteiger partial charge in [0.15, 0.2) is 0 Å². The smallest absolute Gasteiger partial charge is 0.241 e. The maximum absolute atomic E-state index is 13.8. The van der Waals surface area contributed by atoms with Crippen LogP contribution in [0.25, 0.3) is 0 Å². The van der Waals surface area contributed by atoms with E-state index in [1.165, 1.54) is 6.07 Å². The molecular formula is C16H25ClFN3O. The normalized spacial score (nSPS) is 23.0. The Labute approximate surface area is 137 Å². The van der Waals surface area contributed by atoms with Gasteiger partial charge in [0.1, 0.15) is 5.82 Å². The second kappa shape index (κ2) is 7.40. The number of nitrogens with two attached hydrogens (primary N) is 1. The first-order valence-corrected chi connectivity index (χ1v) is 7.36. The Kier molecular flexibility index (Phi) is 6.35. The fourth-order valence-corrected chi connectivity index (χ4v) is 2.68. The van der Waals surface area contributed by atoms with E-state index < -0.39 is 5.82 Å². The molecule has 0 radical (unpaired) electrons. The lowest BCUT2D eigenvalue weighted by Gasteiger charge is -2.26. The number of halogens is 2. The zero-order chi connectivity index (χ0) is 15.6. The van der Waals surface area contributed by atoms with E-state index >= 15 is 0 Å². The monoisotopic (exact) mass is 329 g/mol. The number of benzene rings is 1. The number of carbonyl (C=O) groups is 1. The molecule has 0 bridgehead atoms. The first-order chi connectivity index (χ1) is 9.84. The van der Waals surface area contributed by atoms with Crippen molar-refractivity contribution < 1.29 is 9.18 Å². The highest BCUT2D eigenvalue weighted by molar-refractivity contribution is 5.94. The molecule has 1 aliphatic rings. The Hall–Kier alpha value is -1.17. The van der Waals surface area contributed by atoms with Gasteiger partial charge in [-0.25, -0.2) is 4.39 Å². The van der Waals surface area contributed by atoms with Crippen LogP contribution in [0.3, 0.4) is 0 Å². The second-order valence-corrected chi connectivity index (χ2v) is 6.38. The molecule has 22 heavy (non-hydrogen) atoms. The zero-order valence-electron chi connectivity index (χ0n) is 13.4. The van der Waals surface area contributed by atoms with Gasteiger partial charge in [0.2, 0.25) is 5.91 Å². The van der Waals surface area contributed by atoms with Crippen molar-refractivity contribution in [1.29, 1.82) is 0 Å². The maximum Gasteiger partial charge on any atom is 0.241 e. The summed E-state index contributed by atoms with van der Waals surface area (Å²) < 4.78 is 13.8. The molecule has 1 fully saturated rings. The lowest BCUT2D eigenvalue weighted by Crippen LogP contribution is -2.42. The number of rotatable bonds is 4. The highest BCUT2D eigenvalue weighted by Gasteiger charge is 2.36. The van der Waals surface area contributed by atoms with Crippen LogP contribution < -0.4 is 11.1 Å². The molecule has 1 amide bonds. The third-order valence-electron chi connectivity index (χ3n) is 4.39. The van der Waals surface area contributed by atoms with Crippen molar-refractivity contribution in [3.05, 3.63) is 29.6 Å². The van der Waals surface area contributed by atoms with Crippen molar-refractivity contribution >= 4 is 24.0 Å². The van der Waals surface area contributed by atoms with E-state index in [0.717, 1.165) is 25.1 Å². The average molecular weight is 330 g/mol. The summed E-state index contributed by atoms with van der Waals surface area (Å²) in [7, 11) is 0. The van der Waals surface area contributed by atoms with Gasteiger partial charge in [0.05, 0.1) is 11.7 Å². The number of amides is 1. The van der Waals surface area contributed by atoms with Gasteiger partial charge in [-0.2, -0.15) is 0 Å². The van der Waals surface area contributed by atoms with Crippen molar-refractivity contribution in [1.82, 2.24) is 4.90 Å². The molecule has 2 rings (SSSR count). The quantitative estimate of drug-likeness (QED) is 0.892. The molecule has 3 N–H and O–H groups in total. The number of anilines is 1. The van der Waals surface area contributed by atoms with E-state index in [1.807, 2.05) is 13.8 Å². The Morgan fingerprint density at radius 3 is 2.77 bits per heavy atom. The summed E-state index contributed by atoms with van der Waals surface area (Å²) in [6.07, 6.45) is 0.986. The van der Waals surface area contributed by atoms with Gasteiger partial charge in [-0.15, -0.1) is 12.4 Å². The van der Waals surface area contributed by atoms with Crippen LogP contribution in [0.2, 0.25) is 0 Å². The van der Waals surface area contributed by atoms with E-state index in [4.69, 9.17) is 5.73 Å². The Morgan fingerprint density at radius 1 is 1.55 bits per heavy atom. The van der Waals surface area contributed by atoms with Crippen LogP contribution in [0.1, 0.15) is 25.8 Å². The minimum Gasteiger partial charge on any atom is -0.330 e. The minimum absolute atomic E-state index is 0. The van der Waals surface area contributed by atoms with Gasteiger partial charge < -0.3 is 11.1 Å². The van der Waals surface area contributed by atoms with Crippen LogP contribution in [-0.2, 0) is 4.79 Å². The summed E-state index contributed by atoms with van der Waals surface area (Å²) in [4.78, 5) is 14.4. The van der Waals surface area contributed by atoms with Crippen LogP contribution in [0.4, 0.5) is 10.1 Å². The number of likely N-dealkylation sites (tertiary alicyclic amines) is 1. The van der Waals surface area contributed by atoms with E-state index in [2.05, 4.69) is 17.1 Å². The van der Waals surface area contributed by atoms with Crippen LogP contribution in [0, 0.1) is 18.2 Å². The standard InChI is InChI=1S/C16H24FN3O.ClH/c1-11-4-5-14(13(17)8-11)19-15(21)12(2)20-7-6-16(3,9-18)10-20;/h4-5,8,12H,6-7,9-10,18H2,1-3H3,(H,19,21);1H. The van der Waals surface area contributed by atoms with Gasteiger partial charge in [-0.1, -0.05) is 13.0 Å². The summed E-state index contributed by atoms with van der Waals surface area (Å²) in [5.41, 5.74) is 6.93. The minimum atomic E-state index is -0.399. The third-order valence-corrected chi connectivity index (χ3v) is 4.39. The molecule has 1 heterocycles. The van der Waals surface area contributed by atoms with Crippen LogP contribution >= 0.6 is 12.4 Å². The molecular weight excluding hydrogens is 305 g/mol. The molecule has 6 heteroatoms. The average Bonchev–Trinajstić information content (AvgIpc) is 2.84. The molecule has 1 saturated heterocycles. The lowest BCUT2D eigenvalue weighted by molar-refractivity contribution is -0.120. The molecule has 0 saturated carbocycles. The van der Waals surface area contributed by atoms with E-state index in [1.54, 1.807) is 12.1 Å². The van der Waals surface area contributed by atoms with Gasteiger partial charge >= 0.3 is 0 Å². The van der Waals surface area contributed by atoms with E-state index in [9.17, 15) is 9.18 Å². The molecule has 1 aliphatic heterocycles. The third kappa shape index (κ3) is 4.18. The van der Waals surface area contributed by atoms with Crippen LogP contribution in [0.5, 0.6) is 0 Å². The number of carbonyl (C=O) groups excluding carboxylic acids is 1. The maximum atomic E-state index is 13.8. The summed E-state index contributed by atoms with van der Waals surface area (Å²) in [6, 6.07) is 4.51. The molecule has 2 atom stereocenters. The predicted molar refractivity (Wildman–Crippen MR) is 89.8 cm³/mol. The highest BCUT2D eigenvalue weighted by Crippen LogP contribution is 2.30. The summed E-state index contributed by atoms with van der Waals surface area (Å²) >= 11 is 0. The highest BCUT2D eigenvalue weighted by atomic mass is 35.5. The van der Waals surface area contributed by atoms with Gasteiger partial charge in [-0.05, 0) is 56.5 Å². The summed E-state index contributed by atoms with van der Waals surface area (Å²) in [6.45, 7) is 8.06. The van der Waals surface area contributed by atoms with E-state index in [-0.39, 0.29) is 35.5 Å². The molecule has 2 unspecified atom stereocenters. The fourth-order valence-electron chi connectivity index (χ4n) is 2.68. The Balaban J connectivity index is 0.00000242. The fraction of sp³-hybridized carbons (Fsp3) is 0.562. The molecule has 124 valence electrons.